The van der Waals surface area contributed by atoms with E-state index in [-0.39, 0.29) is 17.0 Å². The van der Waals surface area contributed by atoms with Crippen LogP contribution in [0.1, 0.15) is 24.8 Å². The number of carbonyl (C=O) groups is 1. The summed E-state index contributed by atoms with van der Waals surface area (Å²) >= 11 is 0. The number of rotatable bonds is 8. The molecule has 0 radical (unpaired) electrons. The Kier molecular flexibility index (Phi) is 9.94. The van der Waals surface area contributed by atoms with Gasteiger partial charge in [-0.15, -0.1) is 0 Å². The maximum absolute atomic E-state index is 12.4. The fourth-order valence-electron chi connectivity index (χ4n) is 3.39. The number of amides is 1. The van der Waals surface area contributed by atoms with E-state index in [0.717, 1.165) is 52.1 Å². The molecule has 0 aliphatic carbocycles. The van der Waals surface area contributed by atoms with Crippen LogP contribution in [-0.4, -0.2) is 48.4 Å². The summed E-state index contributed by atoms with van der Waals surface area (Å²) in [6.45, 7) is 5.56. The van der Waals surface area contributed by atoms with Crippen LogP contribution in [0.2, 0.25) is 0 Å². The predicted molar refractivity (Wildman–Crippen MR) is 109 cm³/mol. The standard InChI is InChI=1S/C23H30N3O.BrH/c27-23(13-5-8-16-24-14-6-2-7-15-24)26-20-18-25(19-21-26)17-9-12-22-10-3-1-4-11-22;/h1-4,6-7,9-12,14-15H,5,8,13,16-21H2;1H/q+1;/p-1/b12-9+;. The third-order valence-corrected chi connectivity index (χ3v) is 5.03. The fraction of sp³-hybridized carbons (Fsp3) is 0.391. The number of carbonyl (C=O) groups excluding carboxylic acids is 1. The SMILES string of the molecule is O=C(CCCC[n+]1ccccc1)N1CCN(C/C=C/c2ccccc2)CC1.[Br-]. The van der Waals surface area contributed by atoms with Crippen molar-refractivity contribution in [2.45, 2.75) is 25.8 Å². The van der Waals surface area contributed by atoms with Gasteiger partial charge in [0, 0.05) is 57.7 Å². The van der Waals surface area contributed by atoms with Crippen LogP contribution in [0, 0.1) is 0 Å². The lowest BCUT2D eigenvalue weighted by atomic mass is 10.2. The number of unbranched alkanes of at least 4 members (excludes halogenated alkanes) is 1. The molecule has 1 aromatic heterocycles. The van der Waals surface area contributed by atoms with Gasteiger partial charge in [-0.25, -0.2) is 4.57 Å². The number of halogens is 1. The second-order valence-electron chi connectivity index (χ2n) is 7.06. The van der Waals surface area contributed by atoms with Crippen LogP contribution in [0.25, 0.3) is 6.08 Å². The van der Waals surface area contributed by atoms with Crippen LogP contribution in [0.15, 0.2) is 67.0 Å². The van der Waals surface area contributed by atoms with E-state index in [1.165, 1.54) is 5.56 Å². The highest BCUT2D eigenvalue weighted by Crippen LogP contribution is 2.07. The molecular formula is C23H30BrN3O. The third-order valence-electron chi connectivity index (χ3n) is 5.03. The molecule has 0 spiro atoms. The van der Waals surface area contributed by atoms with E-state index in [2.05, 4.69) is 58.3 Å². The zero-order valence-corrected chi connectivity index (χ0v) is 18.0. The van der Waals surface area contributed by atoms with Gasteiger partial charge in [0.15, 0.2) is 12.4 Å². The van der Waals surface area contributed by atoms with Crippen LogP contribution in [-0.2, 0) is 11.3 Å². The Balaban J connectivity index is 0.00000280. The number of hydrogen-bond donors (Lipinski definition) is 0. The minimum absolute atomic E-state index is 0. The van der Waals surface area contributed by atoms with Gasteiger partial charge in [0.1, 0.15) is 6.54 Å². The molecule has 0 bridgehead atoms. The van der Waals surface area contributed by atoms with Gasteiger partial charge in [0.05, 0.1) is 0 Å². The van der Waals surface area contributed by atoms with Crippen molar-refractivity contribution in [2.24, 2.45) is 0 Å². The van der Waals surface area contributed by atoms with Crippen LogP contribution in [0.3, 0.4) is 0 Å². The van der Waals surface area contributed by atoms with Crippen molar-refractivity contribution < 1.29 is 26.3 Å². The quantitative estimate of drug-likeness (QED) is 0.424. The number of piperazine rings is 1. The summed E-state index contributed by atoms with van der Waals surface area (Å²) in [7, 11) is 0. The van der Waals surface area contributed by atoms with Crippen molar-refractivity contribution in [1.29, 1.82) is 0 Å². The lowest BCUT2D eigenvalue weighted by Crippen LogP contribution is -3.00. The van der Waals surface area contributed by atoms with Gasteiger partial charge < -0.3 is 21.9 Å². The first kappa shape index (κ1) is 22.3. The highest BCUT2D eigenvalue weighted by molar-refractivity contribution is 5.76. The topological polar surface area (TPSA) is 27.4 Å². The maximum Gasteiger partial charge on any atom is 0.222 e. The molecule has 1 saturated heterocycles. The molecule has 28 heavy (non-hydrogen) atoms. The number of nitrogens with zero attached hydrogens (tertiary/aromatic N) is 3. The van der Waals surface area contributed by atoms with E-state index in [9.17, 15) is 4.79 Å². The van der Waals surface area contributed by atoms with Crippen LogP contribution >= 0.6 is 0 Å². The Morgan fingerprint density at radius 2 is 1.61 bits per heavy atom. The second-order valence-corrected chi connectivity index (χ2v) is 7.06. The van der Waals surface area contributed by atoms with Gasteiger partial charge >= 0.3 is 0 Å². The number of aryl methyl sites for hydroxylation is 1. The molecular weight excluding hydrogens is 414 g/mol. The largest absolute Gasteiger partial charge is 1.00 e. The molecule has 0 atom stereocenters. The molecule has 0 unspecified atom stereocenters. The molecule has 1 aliphatic heterocycles. The fourth-order valence-corrected chi connectivity index (χ4v) is 3.39. The first-order valence-electron chi connectivity index (χ1n) is 9.97. The smallest absolute Gasteiger partial charge is 0.222 e. The van der Waals surface area contributed by atoms with Gasteiger partial charge in [-0.05, 0) is 12.0 Å². The van der Waals surface area contributed by atoms with E-state index in [1.807, 2.05) is 29.2 Å². The number of pyridine rings is 1. The van der Waals surface area contributed by atoms with Crippen LogP contribution in [0.4, 0.5) is 0 Å². The molecule has 2 heterocycles. The summed E-state index contributed by atoms with van der Waals surface area (Å²) in [5.41, 5.74) is 1.24. The highest BCUT2D eigenvalue weighted by atomic mass is 79.9. The second kappa shape index (κ2) is 12.5. The summed E-state index contributed by atoms with van der Waals surface area (Å²) in [6, 6.07) is 16.5. The van der Waals surface area contributed by atoms with E-state index in [4.69, 9.17) is 0 Å². The normalized spacial score (nSPS) is 14.8. The van der Waals surface area contributed by atoms with Gasteiger partial charge in [-0.1, -0.05) is 48.6 Å². The summed E-state index contributed by atoms with van der Waals surface area (Å²) in [4.78, 5) is 16.8. The van der Waals surface area contributed by atoms with E-state index < -0.39 is 0 Å². The zero-order valence-electron chi connectivity index (χ0n) is 16.4. The van der Waals surface area contributed by atoms with Gasteiger partial charge in [0.2, 0.25) is 5.91 Å². The van der Waals surface area contributed by atoms with E-state index >= 15 is 0 Å². The summed E-state index contributed by atoms with van der Waals surface area (Å²) < 4.78 is 2.17. The molecule has 4 nitrogen and oxygen atoms in total. The molecule has 3 rings (SSSR count). The number of hydrogen-bond acceptors (Lipinski definition) is 2. The monoisotopic (exact) mass is 443 g/mol. The molecule has 0 saturated carbocycles. The van der Waals surface area contributed by atoms with Gasteiger partial charge in [0.25, 0.3) is 0 Å². The van der Waals surface area contributed by atoms with Crippen molar-refractivity contribution in [1.82, 2.24) is 9.80 Å². The number of aromatic nitrogens is 1. The zero-order chi connectivity index (χ0) is 18.7. The highest BCUT2D eigenvalue weighted by Gasteiger charge is 2.19. The lowest BCUT2D eigenvalue weighted by Gasteiger charge is -2.34. The molecule has 1 aromatic carbocycles. The molecule has 1 aliphatic rings. The average molecular weight is 444 g/mol. The lowest BCUT2D eigenvalue weighted by molar-refractivity contribution is -0.697. The first-order chi connectivity index (χ1) is 13.3. The van der Waals surface area contributed by atoms with Crippen LogP contribution < -0.4 is 21.5 Å². The van der Waals surface area contributed by atoms with Crippen molar-refractivity contribution in [3.8, 4) is 0 Å². The predicted octanol–water partition coefficient (Wildman–Crippen LogP) is 0.00600. The number of benzene rings is 1. The van der Waals surface area contributed by atoms with E-state index in [0.29, 0.717) is 12.3 Å². The Morgan fingerprint density at radius 3 is 2.32 bits per heavy atom. The third kappa shape index (κ3) is 7.56. The van der Waals surface area contributed by atoms with Crippen molar-refractivity contribution in [3.63, 3.8) is 0 Å². The van der Waals surface area contributed by atoms with E-state index in [1.54, 1.807) is 0 Å². The minimum Gasteiger partial charge on any atom is -1.00 e. The van der Waals surface area contributed by atoms with Crippen molar-refractivity contribution in [2.75, 3.05) is 32.7 Å². The maximum atomic E-state index is 12.4. The Hall–Kier alpha value is -1.98. The Bertz CT molecular complexity index is 713. The summed E-state index contributed by atoms with van der Waals surface area (Å²) in [6.07, 6.45) is 11.2. The van der Waals surface area contributed by atoms with Crippen molar-refractivity contribution in [3.05, 3.63) is 72.6 Å². The van der Waals surface area contributed by atoms with Gasteiger partial charge in [-0.3, -0.25) is 9.69 Å². The summed E-state index contributed by atoms with van der Waals surface area (Å²) in [5.74, 6) is 0.313. The molecule has 150 valence electrons. The molecule has 0 N–H and O–H groups in total. The van der Waals surface area contributed by atoms with Crippen molar-refractivity contribution >= 4 is 12.0 Å². The Morgan fingerprint density at radius 1 is 0.929 bits per heavy atom. The molecule has 1 fully saturated rings. The Labute approximate surface area is 179 Å². The first-order valence-corrected chi connectivity index (χ1v) is 9.97. The summed E-state index contributed by atoms with van der Waals surface area (Å²) in [5, 5.41) is 0. The minimum atomic E-state index is 0. The molecule has 1 amide bonds. The van der Waals surface area contributed by atoms with Crippen LogP contribution in [0.5, 0.6) is 0 Å². The molecule has 2 aromatic rings. The average Bonchev–Trinajstić information content (AvgIpc) is 2.73. The van der Waals surface area contributed by atoms with Gasteiger partial charge in [-0.2, -0.15) is 0 Å². The molecule has 5 heteroatoms.